The molecule has 13 heavy (non-hydrogen) atoms. The summed E-state index contributed by atoms with van der Waals surface area (Å²) in [7, 11) is 1.11. The van der Waals surface area contributed by atoms with E-state index in [1.807, 2.05) is 6.92 Å². The predicted octanol–water partition coefficient (Wildman–Crippen LogP) is 2.37. The molecule has 0 aromatic rings. The molecule has 0 heterocycles. The number of rotatable bonds is 5. The smallest absolute Gasteiger partial charge is 0.0917 e. The van der Waals surface area contributed by atoms with Crippen LogP contribution >= 0.6 is 0 Å². The highest BCUT2D eigenvalue weighted by molar-refractivity contribution is 6.17. The number of hydrogen-bond donors (Lipinski definition) is 0. The fourth-order valence-electron chi connectivity index (χ4n) is 1.64. The third kappa shape index (κ3) is 2.60. The molecule has 0 radical (unpaired) electrons. The van der Waals surface area contributed by atoms with Crippen LogP contribution in [0.3, 0.4) is 0 Å². The minimum atomic E-state index is 0.232. The van der Waals surface area contributed by atoms with E-state index in [1.165, 1.54) is 0 Å². The van der Waals surface area contributed by atoms with E-state index in [2.05, 4.69) is 34.3 Å². The van der Waals surface area contributed by atoms with E-state index >= 15 is 0 Å². The average Bonchev–Trinajstić information content (AvgIpc) is 2.02. The molecule has 0 aromatic carbocycles. The summed E-state index contributed by atoms with van der Waals surface area (Å²) >= 11 is 0. The van der Waals surface area contributed by atoms with Gasteiger partial charge in [0, 0.05) is 15.3 Å². The van der Waals surface area contributed by atoms with Crippen molar-refractivity contribution < 1.29 is 4.74 Å². The van der Waals surface area contributed by atoms with Crippen LogP contribution in [0, 0.1) is 11.8 Å². The molecule has 0 unspecified atom stereocenters. The summed E-state index contributed by atoms with van der Waals surface area (Å²) in [5, 5.41) is 0.232. The lowest BCUT2D eigenvalue weighted by atomic mass is 9.82. The summed E-state index contributed by atoms with van der Waals surface area (Å²) in [6.07, 6.45) is 0. The summed E-state index contributed by atoms with van der Waals surface area (Å²) in [5.74, 6) is 2.24. The van der Waals surface area contributed by atoms with Crippen LogP contribution in [0.2, 0.25) is 5.04 Å². The van der Waals surface area contributed by atoms with Crippen LogP contribution in [0.1, 0.15) is 34.6 Å². The van der Waals surface area contributed by atoms with Gasteiger partial charge >= 0.3 is 0 Å². The van der Waals surface area contributed by atoms with Crippen LogP contribution in [0.4, 0.5) is 0 Å². The third-order valence-electron chi connectivity index (χ3n) is 3.32. The molecular weight excluding hydrogens is 176 g/mol. The lowest BCUT2D eigenvalue weighted by molar-refractivity contribution is 0.160. The fourth-order valence-corrected chi connectivity index (χ4v) is 1.78. The lowest BCUT2D eigenvalue weighted by Gasteiger charge is -2.39. The van der Waals surface area contributed by atoms with E-state index < -0.39 is 0 Å². The van der Waals surface area contributed by atoms with Crippen molar-refractivity contribution in [2.75, 3.05) is 6.61 Å². The maximum absolute atomic E-state index is 5.57. The van der Waals surface area contributed by atoms with Crippen LogP contribution in [0.5, 0.6) is 0 Å². The molecule has 0 fully saturated rings. The molecule has 0 aliphatic carbocycles. The largest absolute Gasteiger partial charge is 0.499 e. The molecular formula is C11H24OSi. The summed E-state index contributed by atoms with van der Waals surface area (Å²) < 4.78 is 5.57. The van der Waals surface area contributed by atoms with E-state index in [0.29, 0.717) is 11.8 Å². The normalized spacial score (nSPS) is 12.5. The van der Waals surface area contributed by atoms with Crippen molar-refractivity contribution in [3.8, 4) is 0 Å². The quantitative estimate of drug-likeness (QED) is 0.489. The highest BCUT2D eigenvalue weighted by atomic mass is 28.1. The minimum absolute atomic E-state index is 0.232. The second kappa shape index (κ2) is 4.84. The lowest BCUT2D eigenvalue weighted by Crippen LogP contribution is -2.29. The van der Waals surface area contributed by atoms with Crippen LogP contribution in [0.25, 0.3) is 0 Å². The maximum atomic E-state index is 5.57. The first kappa shape index (κ1) is 12.8. The van der Waals surface area contributed by atoms with Gasteiger partial charge in [0.2, 0.25) is 0 Å². The first-order valence-electron chi connectivity index (χ1n) is 5.19. The van der Waals surface area contributed by atoms with Gasteiger partial charge in [0.15, 0.2) is 0 Å². The van der Waals surface area contributed by atoms with Gasteiger partial charge in [-0.3, -0.25) is 0 Å². The van der Waals surface area contributed by atoms with E-state index in [-0.39, 0.29) is 5.04 Å². The monoisotopic (exact) mass is 200 g/mol. The molecule has 1 nitrogen and oxygen atoms in total. The van der Waals surface area contributed by atoms with Crippen molar-refractivity contribution in [3.63, 3.8) is 0 Å². The summed E-state index contributed by atoms with van der Waals surface area (Å²) in [6.45, 7) is 15.9. The molecule has 0 bridgehead atoms. The van der Waals surface area contributed by atoms with E-state index in [1.54, 1.807) is 0 Å². The Hall–Kier alpha value is -0.243. The van der Waals surface area contributed by atoms with Gasteiger partial charge in [0.1, 0.15) is 0 Å². The molecule has 78 valence electrons. The Morgan fingerprint density at radius 1 is 1.31 bits per heavy atom. The molecule has 0 saturated carbocycles. The summed E-state index contributed by atoms with van der Waals surface area (Å²) in [4.78, 5) is 0. The topological polar surface area (TPSA) is 9.23 Å². The molecule has 0 aliphatic rings. The van der Waals surface area contributed by atoms with Crippen molar-refractivity contribution in [2.24, 2.45) is 11.8 Å². The molecule has 0 saturated heterocycles. The van der Waals surface area contributed by atoms with Crippen LogP contribution in [0.15, 0.2) is 12.3 Å². The second-order valence-electron chi connectivity index (χ2n) is 4.45. The van der Waals surface area contributed by atoms with Crippen LogP contribution in [-0.4, -0.2) is 16.8 Å². The van der Waals surface area contributed by atoms with Crippen LogP contribution in [-0.2, 0) is 4.74 Å². The Kier molecular flexibility index (Phi) is 4.75. The van der Waals surface area contributed by atoms with Gasteiger partial charge in [-0.2, -0.15) is 0 Å². The van der Waals surface area contributed by atoms with E-state index in [0.717, 1.165) is 22.6 Å². The maximum Gasteiger partial charge on any atom is 0.0917 e. The Balaban J connectivity index is 4.69. The van der Waals surface area contributed by atoms with Crippen molar-refractivity contribution >= 4 is 10.2 Å². The van der Waals surface area contributed by atoms with E-state index in [9.17, 15) is 0 Å². The first-order chi connectivity index (χ1) is 5.87. The molecule has 0 N–H and O–H groups in total. The Bertz CT molecular complexity index is 165. The minimum Gasteiger partial charge on any atom is -0.499 e. The molecule has 0 aliphatic heterocycles. The first-order valence-corrected chi connectivity index (χ1v) is 6.19. The van der Waals surface area contributed by atoms with Gasteiger partial charge in [-0.1, -0.05) is 34.3 Å². The number of hydrogen-bond acceptors (Lipinski definition) is 1. The fraction of sp³-hybridized carbons (Fsp3) is 0.818. The zero-order chi connectivity index (χ0) is 10.6. The van der Waals surface area contributed by atoms with Gasteiger partial charge in [0.25, 0.3) is 0 Å². The molecule has 0 aromatic heterocycles. The van der Waals surface area contributed by atoms with Crippen molar-refractivity contribution in [2.45, 2.75) is 39.7 Å². The highest BCUT2D eigenvalue weighted by Gasteiger charge is 2.35. The molecule has 0 atom stereocenters. The van der Waals surface area contributed by atoms with Gasteiger partial charge < -0.3 is 4.74 Å². The van der Waals surface area contributed by atoms with Gasteiger partial charge in [0.05, 0.1) is 12.4 Å². The molecule has 0 amide bonds. The zero-order valence-electron chi connectivity index (χ0n) is 9.98. The van der Waals surface area contributed by atoms with Gasteiger partial charge in [-0.05, 0) is 18.8 Å². The SMILES string of the molecule is C=C(OCC)C([SiH3])(C(C)C)C(C)C. The summed E-state index contributed by atoms with van der Waals surface area (Å²) in [5.41, 5.74) is 0. The second-order valence-corrected chi connectivity index (χ2v) is 6.10. The third-order valence-corrected chi connectivity index (χ3v) is 6.19. The van der Waals surface area contributed by atoms with Gasteiger partial charge in [-0.15, -0.1) is 0 Å². The summed E-state index contributed by atoms with van der Waals surface area (Å²) in [6, 6.07) is 0. The predicted molar refractivity (Wildman–Crippen MR) is 63.1 cm³/mol. The number of ether oxygens (including phenoxy) is 1. The van der Waals surface area contributed by atoms with Crippen molar-refractivity contribution in [1.82, 2.24) is 0 Å². The number of allylic oxidation sites excluding steroid dienone is 1. The zero-order valence-corrected chi connectivity index (χ0v) is 12.0. The van der Waals surface area contributed by atoms with Crippen LogP contribution < -0.4 is 0 Å². The Morgan fingerprint density at radius 3 is 1.92 bits per heavy atom. The molecule has 2 heteroatoms. The van der Waals surface area contributed by atoms with Gasteiger partial charge in [-0.25, -0.2) is 0 Å². The average molecular weight is 200 g/mol. The van der Waals surface area contributed by atoms with Crippen molar-refractivity contribution in [3.05, 3.63) is 12.3 Å². The van der Waals surface area contributed by atoms with E-state index in [4.69, 9.17) is 4.74 Å². The standard InChI is InChI=1S/C11H24OSi/c1-7-12-10(6)11(13,8(2)3)9(4)5/h8-9H,6-7H2,1-5,13H3. The Labute approximate surface area is 86.0 Å². The molecule has 0 spiro atoms. The van der Waals surface area contributed by atoms with Crippen molar-refractivity contribution in [1.29, 1.82) is 0 Å². The molecule has 0 rings (SSSR count). The highest BCUT2D eigenvalue weighted by Crippen LogP contribution is 2.46. The Morgan fingerprint density at radius 2 is 1.69 bits per heavy atom.